The second kappa shape index (κ2) is 22.1. The molecular weight excluding hydrogens is 500 g/mol. The number of benzene rings is 3. The fraction of sp³-hybridized carbons (Fsp3) is 0.457. The molecule has 3 aromatic rings. The number of hydrogen-bond acceptors (Lipinski definition) is 3. The minimum Gasteiger partial charge on any atom is -0.497 e. The van der Waals surface area contributed by atoms with Crippen molar-refractivity contribution in [1.29, 1.82) is 5.26 Å². The normalized spacial score (nSPS) is 13.5. The molecule has 1 unspecified atom stereocenters. The summed E-state index contributed by atoms with van der Waals surface area (Å²) in [4.78, 5) is 2.51. The van der Waals surface area contributed by atoms with Crippen LogP contribution in [0.25, 0.3) is 0 Å². The lowest BCUT2D eigenvalue weighted by molar-refractivity contribution is 0.319. The van der Waals surface area contributed by atoms with Gasteiger partial charge in [-0.05, 0) is 85.7 Å². The van der Waals surface area contributed by atoms with Gasteiger partial charge < -0.3 is 4.74 Å². The zero-order chi connectivity index (χ0) is 29.6. The van der Waals surface area contributed by atoms with Crippen LogP contribution in [0, 0.1) is 31.1 Å². The Balaban J connectivity index is 0.000000530. The third-order valence-electron chi connectivity index (χ3n) is 5.94. The number of nitriles is 1. The molecule has 39 heavy (non-hydrogen) atoms. The van der Waals surface area contributed by atoms with E-state index in [9.17, 15) is 0 Å². The molecular formula is C35H51ClN2O. The Labute approximate surface area is 244 Å². The zero-order valence-corrected chi connectivity index (χ0v) is 26.6. The van der Waals surface area contributed by atoms with Gasteiger partial charge in [0.2, 0.25) is 0 Å². The maximum Gasteiger partial charge on any atom is 0.119 e. The van der Waals surface area contributed by atoms with Crippen molar-refractivity contribution in [3.05, 3.63) is 99.6 Å². The second-order valence-corrected chi connectivity index (χ2v) is 9.97. The molecule has 214 valence electrons. The lowest BCUT2D eigenvalue weighted by Gasteiger charge is -2.15. The Morgan fingerprint density at radius 3 is 2.13 bits per heavy atom. The first-order chi connectivity index (χ1) is 18.8. The molecule has 1 atom stereocenters. The van der Waals surface area contributed by atoms with E-state index in [1.165, 1.54) is 42.6 Å². The third-order valence-corrected chi connectivity index (χ3v) is 6.25. The highest BCUT2D eigenvalue weighted by atomic mass is 35.5. The summed E-state index contributed by atoms with van der Waals surface area (Å²) in [6.07, 6.45) is 3.73. The molecule has 0 radical (unpaired) electrons. The molecule has 4 rings (SSSR count). The van der Waals surface area contributed by atoms with E-state index in [0.717, 1.165) is 30.2 Å². The van der Waals surface area contributed by atoms with Crippen molar-refractivity contribution in [2.24, 2.45) is 5.92 Å². The maximum atomic E-state index is 8.47. The van der Waals surface area contributed by atoms with Crippen LogP contribution in [0.1, 0.15) is 82.2 Å². The summed E-state index contributed by atoms with van der Waals surface area (Å²) in [6, 6.07) is 24.2. The van der Waals surface area contributed by atoms with Crippen molar-refractivity contribution in [2.75, 3.05) is 20.2 Å². The highest BCUT2D eigenvalue weighted by Crippen LogP contribution is 2.20. The van der Waals surface area contributed by atoms with Gasteiger partial charge in [0.05, 0.1) is 17.7 Å². The Bertz CT molecular complexity index is 1090. The molecule has 0 spiro atoms. The van der Waals surface area contributed by atoms with E-state index in [1.807, 2.05) is 39.0 Å². The third kappa shape index (κ3) is 15.4. The minimum atomic E-state index is 0.530. The Morgan fingerprint density at radius 2 is 1.64 bits per heavy atom. The number of rotatable bonds is 4. The predicted octanol–water partition coefficient (Wildman–Crippen LogP) is 10.1. The van der Waals surface area contributed by atoms with Gasteiger partial charge in [0, 0.05) is 13.1 Å². The van der Waals surface area contributed by atoms with Crippen molar-refractivity contribution in [2.45, 2.75) is 81.2 Å². The molecule has 0 N–H and O–H groups in total. The van der Waals surface area contributed by atoms with Crippen LogP contribution in [0.2, 0.25) is 5.02 Å². The van der Waals surface area contributed by atoms with E-state index < -0.39 is 0 Å². The van der Waals surface area contributed by atoms with Gasteiger partial charge in [0.1, 0.15) is 11.8 Å². The first-order valence-corrected chi connectivity index (χ1v) is 14.7. The van der Waals surface area contributed by atoms with Crippen LogP contribution in [0.4, 0.5) is 0 Å². The first-order valence-electron chi connectivity index (χ1n) is 14.3. The summed E-state index contributed by atoms with van der Waals surface area (Å²) in [5.74, 6) is 1.82. The second-order valence-electron chi connectivity index (χ2n) is 9.56. The summed E-state index contributed by atoms with van der Waals surface area (Å²) >= 11 is 5.71. The average Bonchev–Trinajstić information content (AvgIpc) is 3.35. The van der Waals surface area contributed by atoms with E-state index >= 15 is 0 Å². The molecule has 1 fully saturated rings. The highest BCUT2D eigenvalue weighted by molar-refractivity contribution is 6.31. The maximum absolute atomic E-state index is 8.47. The van der Waals surface area contributed by atoms with E-state index in [2.05, 4.69) is 82.0 Å². The Morgan fingerprint density at radius 1 is 0.974 bits per heavy atom. The van der Waals surface area contributed by atoms with Gasteiger partial charge in [-0.2, -0.15) is 5.26 Å². The van der Waals surface area contributed by atoms with Crippen LogP contribution >= 0.6 is 11.6 Å². The molecule has 1 aliphatic rings. The van der Waals surface area contributed by atoms with Gasteiger partial charge >= 0.3 is 0 Å². The molecule has 1 aliphatic heterocycles. The SMILES string of the molecule is CC.CCC.CCc1ccccc1C.COc1cccc(CN2CCC(C)C2)c1.Cc1ccc(C#N)c(Cl)c1. The van der Waals surface area contributed by atoms with E-state index in [4.69, 9.17) is 21.6 Å². The number of methoxy groups -OCH3 is 1. The van der Waals surface area contributed by atoms with Crippen LogP contribution in [-0.2, 0) is 13.0 Å². The summed E-state index contributed by atoms with van der Waals surface area (Å²) in [5, 5.41) is 9.00. The molecule has 3 aromatic carbocycles. The fourth-order valence-corrected chi connectivity index (χ4v) is 4.19. The van der Waals surface area contributed by atoms with Crippen LogP contribution in [0.3, 0.4) is 0 Å². The van der Waals surface area contributed by atoms with Crippen LogP contribution in [0.15, 0.2) is 66.7 Å². The number of halogens is 1. The van der Waals surface area contributed by atoms with Crippen LogP contribution < -0.4 is 4.74 Å². The van der Waals surface area contributed by atoms with Crippen molar-refractivity contribution in [1.82, 2.24) is 4.90 Å². The highest BCUT2D eigenvalue weighted by Gasteiger charge is 2.18. The average molecular weight is 551 g/mol. The topological polar surface area (TPSA) is 36.3 Å². The molecule has 0 saturated carbocycles. The molecule has 4 heteroatoms. The summed E-state index contributed by atoms with van der Waals surface area (Å²) in [7, 11) is 1.72. The zero-order valence-electron chi connectivity index (χ0n) is 25.9. The van der Waals surface area contributed by atoms with Crippen LogP contribution in [0.5, 0.6) is 5.75 Å². The fourth-order valence-electron chi connectivity index (χ4n) is 3.92. The lowest BCUT2D eigenvalue weighted by atomic mass is 10.1. The smallest absolute Gasteiger partial charge is 0.119 e. The number of nitrogens with zero attached hydrogens (tertiary/aromatic N) is 2. The van der Waals surface area contributed by atoms with Gasteiger partial charge in [-0.1, -0.05) is 102 Å². The summed E-state index contributed by atoms with van der Waals surface area (Å²) in [6.45, 7) is 20.4. The van der Waals surface area contributed by atoms with Gasteiger partial charge in [-0.3, -0.25) is 4.90 Å². The van der Waals surface area contributed by atoms with Crippen molar-refractivity contribution >= 4 is 11.6 Å². The number of ether oxygens (including phenoxy) is 1. The van der Waals surface area contributed by atoms with Gasteiger partial charge in [0.15, 0.2) is 0 Å². The van der Waals surface area contributed by atoms with Gasteiger partial charge in [-0.25, -0.2) is 0 Å². The Hall–Kier alpha value is -2.80. The van der Waals surface area contributed by atoms with Crippen molar-refractivity contribution in [3.8, 4) is 11.8 Å². The quantitative estimate of drug-likeness (QED) is 0.324. The molecule has 1 heterocycles. The van der Waals surface area contributed by atoms with Gasteiger partial charge in [0.25, 0.3) is 0 Å². The molecule has 0 aliphatic carbocycles. The number of aryl methyl sites for hydroxylation is 3. The monoisotopic (exact) mass is 550 g/mol. The number of likely N-dealkylation sites (tertiary alicyclic amines) is 1. The summed E-state index contributed by atoms with van der Waals surface area (Å²) < 4.78 is 5.22. The number of hydrogen-bond donors (Lipinski definition) is 0. The molecule has 0 aromatic heterocycles. The largest absolute Gasteiger partial charge is 0.497 e. The Kier molecular flexibility index (Phi) is 20.5. The van der Waals surface area contributed by atoms with Crippen molar-refractivity contribution < 1.29 is 4.74 Å². The van der Waals surface area contributed by atoms with E-state index in [0.29, 0.717) is 10.6 Å². The lowest BCUT2D eigenvalue weighted by Crippen LogP contribution is -2.19. The molecule has 1 saturated heterocycles. The van der Waals surface area contributed by atoms with Crippen molar-refractivity contribution in [3.63, 3.8) is 0 Å². The molecule has 0 bridgehead atoms. The van der Waals surface area contributed by atoms with Crippen LogP contribution in [-0.4, -0.2) is 25.1 Å². The predicted molar refractivity (Wildman–Crippen MR) is 171 cm³/mol. The van der Waals surface area contributed by atoms with Gasteiger partial charge in [-0.15, -0.1) is 0 Å². The molecule has 3 nitrogen and oxygen atoms in total. The summed E-state index contributed by atoms with van der Waals surface area (Å²) in [5.41, 5.74) is 5.82. The standard InChI is InChI=1S/C13H19NO.C9H12.C8H6ClN.C3H8.C2H6/c1-11-6-7-14(9-11)10-12-4-3-5-13(8-12)15-2;1-3-9-7-5-4-6-8(9)2;1-6-2-3-7(5-10)8(9)4-6;1-3-2;1-2/h3-5,8,11H,6-7,9-10H2,1-2H3;4-7H,3H2,1-2H3;2-4H,1H3;3H2,1-2H3;1-2H3. The molecule has 0 amide bonds. The van der Waals surface area contributed by atoms with E-state index in [-0.39, 0.29) is 0 Å². The first kappa shape index (κ1) is 36.2. The minimum absolute atomic E-state index is 0.530. The van der Waals surface area contributed by atoms with E-state index in [1.54, 1.807) is 19.2 Å².